The molecule has 29 heavy (non-hydrogen) atoms. The predicted octanol–water partition coefficient (Wildman–Crippen LogP) is 3.62. The third-order valence-corrected chi connectivity index (χ3v) is 7.22. The topological polar surface area (TPSA) is 62.3 Å². The lowest BCUT2D eigenvalue weighted by Gasteiger charge is -2.21. The average Bonchev–Trinajstić information content (AvgIpc) is 2.99. The summed E-state index contributed by atoms with van der Waals surface area (Å²) < 4.78 is 0. The summed E-state index contributed by atoms with van der Waals surface area (Å²) in [5.41, 5.74) is 2.33. The van der Waals surface area contributed by atoms with Crippen molar-refractivity contribution in [2.45, 2.75) is 51.4 Å². The van der Waals surface area contributed by atoms with Crippen molar-refractivity contribution in [1.29, 1.82) is 0 Å². The molecule has 0 bridgehead atoms. The minimum atomic E-state index is 0.00661. The average molecular weight is 412 g/mol. The molecule has 1 saturated heterocycles. The molecule has 2 aliphatic rings. The molecule has 1 atom stereocenters. The highest BCUT2D eigenvalue weighted by molar-refractivity contribution is 7.14. The van der Waals surface area contributed by atoms with Crippen molar-refractivity contribution in [3.8, 4) is 0 Å². The maximum absolute atomic E-state index is 12.9. The third kappa shape index (κ3) is 5.04. The largest absolute Gasteiger partial charge is 0.356 e. The Labute approximate surface area is 176 Å². The molecular formula is C23H29N3O2S. The van der Waals surface area contributed by atoms with E-state index in [0.29, 0.717) is 6.54 Å². The van der Waals surface area contributed by atoms with Crippen LogP contribution in [0, 0.1) is 5.92 Å². The van der Waals surface area contributed by atoms with E-state index in [1.54, 1.807) is 17.5 Å². The first-order chi connectivity index (χ1) is 14.2. The molecule has 3 heterocycles. The van der Waals surface area contributed by atoms with Crippen LogP contribution < -0.4 is 5.32 Å². The van der Waals surface area contributed by atoms with Gasteiger partial charge in [-0.3, -0.25) is 14.6 Å². The van der Waals surface area contributed by atoms with Crippen molar-refractivity contribution in [2.75, 3.05) is 19.6 Å². The van der Waals surface area contributed by atoms with Gasteiger partial charge in [-0.25, -0.2) is 0 Å². The minimum Gasteiger partial charge on any atom is -0.356 e. The number of nitrogens with one attached hydrogen (secondary N) is 1. The fourth-order valence-electron chi connectivity index (χ4n) is 4.30. The van der Waals surface area contributed by atoms with Gasteiger partial charge in [-0.2, -0.15) is 0 Å². The number of aromatic nitrogens is 1. The van der Waals surface area contributed by atoms with E-state index in [9.17, 15) is 9.59 Å². The van der Waals surface area contributed by atoms with E-state index in [1.807, 2.05) is 23.2 Å². The number of carbonyl (C=O) groups excluding carboxylic acids is 2. The van der Waals surface area contributed by atoms with Crippen LogP contribution in [-0.4, -0.2) is 41.3 Å². The second kappa shape index (κ2) is 9.53. The Morgan fingerprint density at radius 3 is 2.79 bits per heavy atom. The molecular weight excluding hydrogens is 382 g/mol. The van der Waals surface area contributed by atoms with E-state index in [4.69, 9.17) is 0 Å². The summed E-state index contributed by atoms with van der Waals surface area (Å²) in [4.78, 5) is 33.8. The number of hydrogen-bond donors (Lipinski definition) is 1. The number of carbonyl (C=O) groups is 2. The number of fused-ring (bicyclic) bond motifs is 1. The molecule has 154 valence electrons. The van der Waals surface area contributed by atoms with Crippen LogP contribution in [0.5, 0.6) is 0 Å². The van der Waals surface area contributed by atoms with Crippen molar-refractivity contribution in [3.63, 3.8) is 0 Å². The van der Waals surface area contributed by atoms with Gasteiger partial charge >= 0.3 is 0 Å². The SMILES string of the molecule is O=C(NCCc1cccnc1)[C@@H]1CCc2sc(C(=O)N3CCCCCC3)cc2C1. The van der Waals surface area contributed by atoms with Crippen molar-refractivity contribution in [3.05, 3.63) is 51.5 Å². The predicted molar refractivity (Wildman–Crippen MR) is 115 cm³/mol. The van der Waals surface area contributed by atoms with E-state index in [2.05, 4.69) is 16.4 Å². The van der Waals surface area contributed by atoms with Crippen LogP contribution in [0.4, 0.5) is 0 Å². The van der Waals surface area contributed by atoms with Crippen LogP contribution in [0.15, 0.2) is 30.6 Å². The highest BCUT2D eigenvalue weighted by atomic mass is 32.1. The van der Waals surface area contributed by atoms with Crippen molar-refractivity contribution >= 4 is 23.2 Å². The molecule has 2 amide bonds. The standard InChI is InChI=1S/C23H29N3O2S/c27-22(25-11-9-17-6-5-10-24-16-17)18-7-8-20-19(14-18)15-21(29-20)23(28)26-12-3-1-2-4-13-26/h5-6,10,15-16,18H,1-4,7-9,11-14H2,(H,25,27)/t18-/m1/s1. The van der Waals surface area contributed by atoms with E-state index in [0.717, 1.165) is 62.1 Å². The minimum absolute atomic E-state index is 0.00661. The zero-order valence-electron chi connectivity index (χ0n) is 16.9. The molecule has 1 aliphatic carbocycles. The van der Waals surface area contributed by atoms with Crippen molar-refractivity contribution < 1.29 is 9.59 Å². The Morgan fingerprint density at radius 2 is 2.03 bits per heavy atom. The number of rotatable bonds is 5. The number of amides is 2. The fraction of sp³-hybridized carbons (Fsp3) is 0.522. The molecule has 0 unspecified atom stereocenters. The second-order valence-electron chi connectivity index (χ2n) is 8.11. The van der Waals surface area contributed by atoms with E-state index in [-0.39, 0.29) is 17.7 Å². The number of pyridine rings is 1. The third-order valence-electron chi connectivity index (χ3n) is 5.99. The lowest BCUT2D eigenvalue weighted by molar-refractivity contribution is -0.125. The van der Waals surface area contributed by atoms with Crippen LogP contribution in [0.3, 0.4) is 0 Å². The Morgan fingerprint density at radius 1 is 1.21 bits per heavy atom. The molecule has 4 rings (SSSR count). The molecule has 0 aromatic carbocycles. The van der Waals surface area contributed by atoms with Crippen molar-refractivity contribution in [2.24, 2.45) is 5.92 Å². The van der Waals surface area contributed by atoms with Gasteiger partial charge in [-0.05, 0) is 61.8 Å². The van der Waals surface area contributed by atoms with Gasteiger partial charge in [0.25, 0.3) is 5.91 Å². The van der Waals surface area contributed by atoms with Gasteiger partial charge in [0.1, 0.15) is 0 Å². The van der Waals surface area contributed by atoms with E-state index < -0.39 is 0 Å². The molecule has 0 saturated carbocycles. The first-order valence-electron chi connectivity index (χ1n) is 10.8. The quantitative estimate of drug-likeness (QED) is 0.817. The summed E-state index contributed by atoms with van der Waals surface area (Å²) in [5, 5.41) is 3.08. The second-order valence-corrected chi connectivity index (χ2v) is 9.24. The molecule has 1 fully saturated rings. The van der Waals surface area contributed by atoms with Gasteiger partial charge in [0.05, 0.1) is 4.88 Å². The van der Waals surface area contributed by atoms with Gasteiger partial charge in [0, 0.05) is 42.8 Å². The number of aryl methyl sites for hydroxylation is 1. The summed E-state index contributed by atoms with van der Waals surface area (Å²) in [6.45, 7) is 2.39. The molecule has 2 aromatic rings. The van der Waals surface area contributed by atoms with Gasteiger partial charge in [0.2, 0.25) is 5.91 Å². The van der Waals surface area contributed by atoms with Crippen LogP contribution in [0.25, 0.3) is 0 Å². The molecule has 2 aromatic heterocycles. The van der Waals surface area contributed by atoms with Crippen LogP contribution in [0.2, 0.25) is 0 Å². The Bertz CT molecular complexity index is 841. The molecule has 1 aliphatic heterocycles. The molecule has 0 spiro atoms. The van der Waals surface area contributed by atoms with Gasteiger partial charge < -0.3 is 10.2 Å². The number of likely N-dealkylation sites (tertiary alicyclic amines) is 1. The van der Waals surface area contributed by atoms with Crippen LogP contribution in [0.1, 0.15) is 57.8 Å². The normalized spacial score (nSPS) is 19.3. The summed E-state index contributed by atoms with van der Waals surface area (Å²) in [6.07, 6.45) is 11.6. The monoisotopic (exact) mass is 411 g/mol. The number of nitrogens with zero attached hydrogens (tertiary/aromatic N) is 2. The van der Waals surface area contributed by atoms with Crippen molar-refractivity contribution in [1.82, 2.24) is 15.2 Å². The summed E-state index contributed by atoms with van der Waals surface area (Å²) in [6, 6.07) is 6.00. The van der Waals surface area contributed by atoms with E-state index >= 15 is 0 Å². The maximum Gasteiger partial charge on any atom is 0.263 e. The molecule has 5 nitrogen and oxygen atoms in total. The van der Waals surface area contributed by atoms with E-state index in [1.165, 1.54) is 23.3 Å². The lowest BCUT2D eigenvalue weighted by atomic mass is 9.87. The zero-order chi connectivity index (χ0) is 20.1. The first-order valence-corrected chi connectivity index (χ1v) is 11.6. The van der Waals surface area contributed by atoms with Gasteiger partial charge in [-0.15, -0.1) is 11.3 Å². The van der Waals surface area contributed by atoms with Crippen LogP contribution >= 0.6 is 11.3 Å². The Balaban J connectivity index is 1.32. The van der Waals surface area contributed by atoms with Crippen LogP contribution in [-0.2, 0) is 24.1 Å². The Hall–Kier alpha value is -2.21. The number of hydrogen-bond acceptors (Lipinski definition) is 4. The van der Waals surface area contributed by atoms with Gasteiger partial charge in [0.15, 0.2) is 0 Å². The number of thiophene rings is 1. The zero-order valence-corrected chi connectivity index (χ0v) is 17.7. The maximum atomic E-state index is 12.9. The summed E-state index contributed by atoms with van der Waals surface area (Å²) in [5.74, 6) is 0.321. The smallest absolute Gasteiger partial charge is 0.263 e. The Kier molecular flexibility index (Phi) is 6.60. The van der Waals surface area contributed by atoms with Gasteiger partial charge in [-0.1, -0.05) is 18.9 Å². The highest BCUT2D eigenvalue weighted by Gasteiger charge is 2.28. The molecule has 6 heteroatoms. The fourth-order valence-corrected chi connectivity index (χ4v) is 5.48. The molecule has 0 radical (unpaired) electrons. The molecule has 1 N–H and O–H groups in total. The first kappa shape index (κ1) is 20.1. The highest BCUT2D eigenvalue weighted by Crippen LogP contribution is 2.33. The summed E-state index contributed by atoms with van der Waals surface area (Å²) in [7, 11) is 0. The lowest BCUT2D eigenvalue weighted by Crippen LogP contribution is -2.35. The summed E-state index contributed by atoms with van der Waals surface area (Å²) >= 11 is 1.64.